The molecular formula is C32H47N7O7S. The van der Waals surface area contributed by atoms with Gasteiger partial charge >= 0.3 is 18.1 Å². The van der Waals surface area contributed by atoms with Crippen LogP contribution in [0.25, 0.3) is 0 Å². The zero-order valence-corrected chi connectivity index (χ0v) is 29.4. The van der Waals surface area contributed by atoms with Crippen molar-refractivity contribution in [2.75, 3.05) is 31.3 Å². The summed E-state index contributed by atoms with van der Waals surface area (Å²) >= 11 is 1.10. The molecule has 15 heteroatoms. The maximum Gasteiger partial charge on any atom is 0.412 e. The Hall–Kier alpha value is -4.40. The van der Waals surface area contributed by atoms with Crippen LogP contribution in [-0.2, 0) is 31.9 Å². The quantitative estimate of drug-likeness (QED) is 0.267. The molecular weight excluding hydrogens is 626 g/mol. The first-order valence-electron chi connectivity index (χ1n) is 15.4. The molecule has 1 aliphatic rings. The fourth-order valence-corrected chi connectivity index (χ4v) is 5.98. The van der Waals surface area contributed by atoms with Crippen molar-refractivity contribution in [3.05, 3.63) is 40.4 Å². The number of ether oxygens (including phenoxy) is 2. The summed E-state index contributed by atoms with van der Waals surface area (Å²) in [6, 6.07) is 6.61. The smallest absolute Gasteiger partial charge is 0.387 e. The van der Waals surface area contributed by atoms with E-state index in [1.165, 1.54) is 11.8 Å². The molecule has 14 nitrogen and oxygen atoms in total. The zero-order valence-electron chi connectivity index (χ0n) is 28.6. The van der Waals surface area contributed by atoms with E-state index in [0.29, 0.717) is 47.2 Å². The van der Waals surface area contributed by atoms with E-state index in [1.807, 2.05) is 12.1 Å². The number of likely N-dealkylation sites (tertiary alicyclic amines) is 1. The molecule has 2 aromatic rings. The lowest BCUT2D eigenvalue weighted by atomic mass is 9.90. The molecule has 0 bridgehead atoms. The molecule has 0 radical (unpaired) electrons. The van der Waals surface area contributed by atoms with Crippen molar-refractivity contribution in [3.63, 3.8) is 0 Å². The van der Waals surface area contributed by atoms with Gasteiger partial charge < -0.3 is 41.0 Å². The number of likely N-dealkylation sites (N-methyl/N-ethyl adjacent to an activating group) is 1. The van der Waals surface area contributed by atoms with Crippen LogP contribution in [0.2, 0.25) is 0 Å². The van der Waals surface area contributed by atoms with Crippen molar-refractivity contribution >= 4 is 52.1 Å². The van der Waals surface area contributed by atoms with Gasteiger partial charge in [0.2, 0.25) is 11.8 Å². The first-order chi connectivity index (χ1) is 21.7. The average Bonchev–Trinajstić information content (AvgIpc) is 3.56. The maximum absolute atomic E-state index is 13.7. The van der Waals surface area contributed by atoms with Crippen molar-refractivity contribution in [1.29, 1.82) is 0 Å². The minimum absolute atomic E-state index is 0.130. The van der Waals surface area contributed by atoms with Gasteiger partial charge in [-0.25, -0.2) is 14.6 Å². The van der Waals surface area contributed by atoms with E-state index in [4.69, 9.17) is 15.2 Å². The van der Waals surface area contributed by atoms with Crippen molar-refractivity contribution in [1.82, 2.24) is 20.1 Å². The van der Waals surface area contributed by atoms with Crippen molar-refractivity contribution in [2.45, 2.75) is 91.6 Å². The average molecular weight is 674 g/mol. The Kier molecular flexibility index (Phi) is 11.5. The molecule has 5 amide bonds. The number of amides is 5. The van der Waals surface area contributed by atoms with E-state index in [2.05, 4.69) is 20.9 Å². The Bertz CT molecular complexity index is 1480. The number of hydrogen-bond acceptors (Lipinski definition) is 10. The van der Waals surface area contributed by atoms with Crippen molar-refractivity contribution in [2.24, 2.45) is 11.1 Å². The number of aromatic nitrogens is 1. The molecule has 258 valence electrons. The van der Waals surface area contributed by atoms with E-state index >= 15 is 0 Å². The molecule has 0 spiro atoms. The van der Waals surface area contributed by atoms with Gasteiger partial charge in [0.25, 0.3) is 5.91 Å². The van der Waals surface area contributed by atoms with Crippen LogP contribution >= 0.6 is 11.3 Å². The van der Waals surface area contributed by atoms with E-state index in [-0.39, 0.29) is 17.7 Å². The molecule has 1 fully saturated rings. The summed E-state index contributed by atoms with van der Waals surface area (Å²) in [5, 5.41) is 8.72. The lowest BCUT2D eigenvalue weighted by molar-refractivity contribution is -0.202. The Morgan fingerprint density at radius 2 is 1.66 bits per heavy atom. The molecule has 1 saturated heterocycles. The monoisotopic (exact) mass is 673 g/mol. The van der Waals surface area contributed by atoms with E-state index in [1.54, 1.807) is 72.7 Å². The predicted octanol–water partition coefficient (Wildman–Crippen LogP) is 4.31. The maximum atomic E-state index is 13.7. The lowest BCUT2D eigenvalue weighted by Gasteiger charge is -2.42. The molecule has 47 heavy (non-hydrogen) atoms. The van der Waals surface area contributed by atoms with Crippen LogP contribution < -0.4 is 21.7 Å². The second kappa shape index (κ2) is 14.6. The number of hydrogen-bond donors (Lipinski definition) is 4. The topological polar surface area (TPSA) is 185 Å². The van der Waals surface area contributed by atoms with Crippen LogP contribution in [0.3, 0.4) is 0 Å². The van der Waals surface area contributed by atoms with Gasteiger partial charge in [0.1, 0.15) is 10.9 Å². The fourth-order valence-electron chi connectivity index (χ4n) is 4.96. The number of primary amides is 1. The standard InChI is InChI=1S/C32H47N7O7S/c1-19(40)34-28-35-22(24(47-28)26(42)39-18-10-11-23(39)25(41)38(8)9)17-14-20-12-15-21(16-13-20)36-32(30(2,3)4,45-27(33)43)46-29(44)37-31(5,6)7/h12-13,15-16,23,36H,10-11,14,17-18H2,1-9H3,(H2,33,43)(H,37,44)(H,34,35,40)/t23-,32?/m0/s1. The molecule has 2 heterocycles. The number of alkyl carbamates (subject to hydrolysis) is 1. The highest BCUT2D eigenvalue weighted by Crippen LogP contribution is 2.37. The third-order valence-corrected chi connectivity index (χ3v) is 8.27. The van der Waals surface area contributed by atoms with E-state index in [0.717, 1.165) is 23.3 Å². The molecule has 1 unspecified atom stereocenters. The Balaban J connectivity index is 1.83. The predicted molar refractivity (Wildman–Crippen MR) is 179 cm³/mol. The van der Waals surface area contributed by atoms with Gasteiger partial charge in [0.15, 0.2) is 5.13 Å². The minimum atomic E-state index is -1.95. The van der Waals surface area contributed by atoms with Crippen molar-refractivity contribution < 1.29 is 33.4 Å². The summed E-state index contributed by atoms with van der Waals surface area (Å²) in [7, 11) is 3.34. The molecule has 1 aliphatic heterocycles. The van der Waals surface area contributed by atoms with Gasteiger partial charge in [0, 0.05) is 38.8 Å². The number of nitrogens with zero attached hydrogens (tertiary/aromatic N) is 3. The summed E-state index contributed by atoms with van der Waals surface area (Å²) in [6.45, 7) is 12.4. The molecule has 5 N–H and O–H groups in total. The highest BCUT2D eigenvalue weighted by molar-refractivity contribution is 7.17. The zero-order chi connectivity index (χ0) is 35.3. The van der Waals surface area contributed by atoms with Gasteiger partial charge in [-0.15, -0.1) is 0 Å². The molecule has 0 saturated carbocycles. The molecule has 1 aromatic carbocycles. The largest absolute Gasteiger partial charge is 0.412 e. The molecule has 3 rings (SSSR count). The summed E-state index contributed by atoms with van der Waals surface area (Å²) in [4.78, 5) is 71.0. The second-order valence-corrected chi connectivity index (χ2v) is 14.7. The number of benzene rings is 1. The number of aryl methyl sites for hydroxylation is 2. The first kappa shape index (κ1) is 37.1. The van der Waals surface area contributed by atoms with E-state index in [9.17, 15) is 24.0 Å². The van der Waals surface area contributed by atoms with Gasteiger partial charge in [-0.05, 0) is 64.2 Å². The summed E-state index contributed by atoms with van der Waals surface area (Å²) in [6.07, 6.45) is 0.245. The Labute approximate surface area is 279 Å². The summed E-state index contributed by atoms with van der Waals surface area (Å²) < 4.78 is 11.1. The summed E-state index contributed by atoms with van der Waals surface area (Å²) in [5.74, 6) is -2.67. The lowest BCUT2D eigenvalue weighted by Crippen LogP contribution is -2.59. The van der Waals surface area contributed by atoms with Crippen LogP contribution in [0.15, 0.2) is 24.3 Å². The van der Waals surface area contributed by atoms with Crippen LogP contribution in [0.1, 0.15) is 82.2 Å². The Morgan fingerprint density at radius 1 is 1.02 bits per heavy atom. The number of carbonyl (C=O) groups is 5. The van der Waals surface area contributed by atoms with Gasteiger partial charge in [0.05, 0.1) is 11.1 Å². The third kappa shape index (κ3) is 9.80. The number of carbonyl (C=O) groups excluding carboxylic acids is 5. The van der Waals surface area contributed by atoms with Crippen LogP contribution in [0, 0.1) is 5.41 Å². The molecule has 0 aliphatic carbocycles. The third-order valence-electron chi connectivity index (χ3n) is 7.27. The van der Waals surface area contributed by atoms with Crippen molar-refractivity contribution in [3.8, 4) is 0 Å². The van der Waals surface area contributed by atoms with Crippen LogP contribution in [-0.4, -0.2) is 82.8 Å². The number of thiazole rings is 1. The fraction of sp³-hybridized carbons (Fsp3) is 0.562. The number of nitrogens with two attached hydrogens (primary N) is 1. The van der Waals surface area contributed by atoms with Crippen LogP contribution in [0.4, 0.5) is 20.4 Å². The highest BCUT2D eigenvalue weighted by atomic mass is 32.1. The SMILES string of the molecule is CC(=O)Nc1nc(CCc2ccc(NC(OC(N)=O)(OC(=O)NC(C)(C)C)C(C)(C)C)cc2)c(C(=O)N2CCC[C@H]2C(=O)N(C)C)s1. The normalized spacial score (nSPS) is 16.1. The molecule has 2 atom stereocenters. The van der Waals surface area contributed by atoms with E-state index < -0.39 is 35.1 Å². The number of anilines is 2. The summed E-state index contributed by atoms with van der Waals surface area (Å²) in [5.41, 5.74) is 5.73. The van der Waals surface area contributed by atoms with Gasteiger partial charge in [-0.3, -0.25) is 14.4 Å². The number of nitrogens with one attached hydrogen (secondary N) is 3. The van der Waals surface area contributed by atoms with Gasteiger partial charge in [-0.2, -0.15) is 0 Å². The van der Waals surface area contributed by atoms with Crippen LogP contribution in [0.5, 0.6) is 0 Å². The minimum Gasteiger partial charge on any atom is -0.387 e. The number of rotatable bonds is 10. The first-order valence-corrected chi connectivity index (χ1v) is 16.2. The highest BCUT2D eigenvalue weighted by Gasteiger charge is 2.51. The Morgan fingerprint density at radius 3 is 2.19 bits per heavy atom. The second-order valence-electron chi connectivity index (χ2n) is 13.7. The van der Waals surface area contributed by atoms with Gasteiger partial charge in [-0.1, -0.05) is 44.2 Å². The molecule has 1 aromatic heterocycles.